The Kier molecular flexibility index (Phi) is 6.05. The predicted octanol–water partition coefficient (Wildman–Crippen LogP) is 4.03. The molecule has 0 amide bonds. The summed E-state index contributed by atoms with van der Waals surface area (Å²) >= 11 is 1.91. The van der Waals surface area contributed by atoms with E-state index in [0.717, 1.165) is 5.75 Å². The van der Waals surface area contributed by atoms with Gasteiger partial charge in [-0.25, -0.2) is 0 Å². The minimum atomic E-state index is 0.648. The molecule has 0 atom stereocenters. The Morgan fingerprint density at radius 2 is 1.79 bits per heavy atom. The molecular formula is C16H26N2S. The van der Waals surface area contributed by atoms with E-state index in [4.69, 9.17) is 5.73 Å². The van der Waals surface area contributed by atoms with Crippen molar-refractivity contribution < 1.29 is 0 Å². The number of nitrogens with zero attached hydrogens (tertiary/aromatic N) is 1. The van der Waals surface area contributed by atoms with Crippen LogP contribution in [0.5, 0.6) is 0 Å². The molecule has 0 aliphatic carbocycles. The third-order valence-corrected chi connectivity index (χ3v) is 4.79. The number of benzene rings is 1. The summed E-state index contributed by atoms with van der Waals surface area (Å²) in [4.78, 5) is 3.92. The van der Waals surface area contributed by atoms with E-state index in [2.05, 4.69) is 30.0 Å². The van der Waals surface area contributed by atoms with Crippen LogP contribution in [0.3, 0.4) is 0 Å². The van der Waals surface area contributed by atoms with Crippen molar-refractivity contribution in [2.24, 2.45) is 5.73 Å². The van der Waals surface area contributed by atoms with Gasteiger partial charge in [-0.2, -0.15) is 0 Å². The smallest absolute Gasteiger partial charge is 0.0423 e. The molecule has 2 N–H and O–H groups in total. The summed E-state index contributed by atoms with van der Waals surface area (Å²) in [5.74, 6) is 1.11. The number of hydrogen-bond acceptors (Lipinski definition) is 3. The Hall–Kier alpha value is -0.670. The zero-order chi connectivity index (χ0) is 13.5. The van der Waals surface area contributed by atoms with Crippen molar-refractivity contribution in [3.63, 3.8) is 0 Å². The van der Waals surface area contributed by atoms with Crippen molar-refractivity contribution in [1.29, 1.82) is 0 Å². The zero-order valence-corrected chi connectivity index (χ0v) is 12.8. The van der Waals surface area contributed by atoms with Crippen molar-refractivity contribution in [1.82, 2.24) is 0 Å². The maximum absolute atomic E-state index is 6.02. The molecule has 0 unspecified atom stereocenters. The molecule has 1 aliphatic rings. The molecule has 0 bridgehead atoms. The van der Waals surface area contributed by atoms with Crippen LogP contribution in [0.1, 0.15) is 44.6 Å². The van der Waals surface area contributed by atoms with Crippen molar-refractivity contribution >= 4 is 17.4 Å². The molecule has 2 nitrogen and oxygen atoms in total. The van der Waals surface area contributed by atoms with E-state index in [1.807, 2.05) is 11.8 Å². The number of hydrogen-bond donors (Lipinski definition) is 1. The van der Waals surface area contributed by atoms with Crippen LogP contribution in [0.2, 0.25) is 0 Å². The topological polar surface area (TPSA) is 29.3 Å². The van der Waals surface area contributed by atoms with Gasteiger partial charge in [-0.05, 0) is 30.7 Å². The molecule has 106 valence electrons. The van der Waals surface area contributed by atoms with E-state index in [1.54, 1.807) is 0 Å². The molecule has 1 aromatic rings. The molecule has 0 saturated carbocycles. The second-order valence-electron chi connectivity index (χ2n) is 5.15. The molecule has 1 aliphatic heterocycles. The van der Waals surface area contributed by atoms with Gasteiger partial charge in [-0.15, -0.1) is 11.8 Å². The molecule has 0 aromatic heterocycles. The Labute approximate surface area is 121 Å². The molecule has 2 rings (SSSR count). The number of nitrogens with two attached hydrogens (primary N) is 1. The fourth-order valence-electron chi connectivity index (χ4n) is 2.83. The van der Waals surface area contributed by atoms with Crippen molar-refractivity contribution in [3.8, 4) is 0 Å². The van der Waals surface area contributed by atoms with Crippen LogP contribution in [-0.4, -0.2) is 18.8 Å². The minimum absolute atomic E-state index is 0.648. The number of thioether (sulfide) groups is 1. The fourth-order valence-corrected chi connectivity index (χ4v) is 3.68. The predicted molar refractivity (Wildman–Crippen MR) is 86.0 cm³/mol. The van der Waals surface area contributed by atoms with E-state index in [1.165, 1.54) is 61.3 Å². The maximum atomic E-state index is 6.02. The summed E-state index contributed by atoms with van der Waals surface area (Å²) in [6.45, 7) is 5.23. The van der Waals surface area contributed by atoms with Crippen LogP contribution in [0.25, 0.3) is 0 Å². The standard InChI is InChI=1S/C16H26N2S/c1-2-19-16-10-8-9-15(14(16)13-17)18-11-6-4-3-5-7-12-18/h8-10H,2-7,11-13,17H2,1H3. The highest BCUT2D eigenvalue weighted by molar-refractivity contribution is 7.99. The Morgan fingerprint density at radius 1 is 1.11 bits per heavy atom. The summed E-state index contributed by atoms with van der Waals surface area (Å²) in [6.07, 6.45) is 6.78. The van der Waals surface area contributed by atoms with Gasteiger partial charge < -0.3 is 10.6 Å². The summed E-state index contributed by atoms with van der Waals surface area (Å²) in [5, 5.41) is 0. The molecule has 1 aromatic carbocycles. The summed E-state index contributed by atoms with van der Waals surface area (Å²) < 4.78 is 0. The van der Waals surface area contributed by atoms with Crippen LogP contribution in [0, 0.1) is 0 Å². The monoisotopic (exact) mass is 278 g/mol. The summed E-state index contributed by atoms with van der Waals surface area (Å²) in [6, 6.07) is 6.65. The molecular weight excluding hydrogens is 252 g/mol. The van der Waals surface area contributed by atoms with Crippen LogP contribution in [0.15, 0.2) is 23.1 Å². The first kappa shape index (κ1) is 14.7. The number of rotatable bonds is 4. The van der Waals surface area contributed by atoms with Crippen LogP contribution in [0.4, 0.5) is 5.69 Å². The average Bonchev–Trinajstić information content (AvgIpc) is 2.38. The van der Waals surface area contributed by atoms with Gasteiger partial charge in [0.15, 0.2) is 0 Å². The Morgan fingerprint density at radius 3 is 2.42 bits per heavy atom. The average molecular weight is 278 g/mol. The first-order valence-corrected chi connectivity index (χ1v) is 8.55. The second-order valence-corrected chi connectivity index (χ2v) is 6.45. The lowest BCUT2D eigenvalue weighted by Gasteiger charge is -2.29. The maximum Gasteiger partial charge on any atom is 0.0423 e. The van der Waals surface area contributed by atoms with E-state index in [9.17, 15) is 0 Å². The lowest BCUT2D eigenvalue weighted by Crippen LogP contribution is -2.28. The van der Waals surface area contributed by atoms with Gasteiger partial charge in [-0.1, -0.05) is 32.3 Å². The van der Waals surface area contributed by atoms with Gasteiger partial charge in [0, 0.05) is 35.8 Å². The molecule has 19 heavy (non-hydrogen) atoms. The van der Waals surface area contributed by atoms with Crippen molar-refractivity contribution in [2.75, 3.05) is 23.7 Å². The quantitative estimate of drug-likeness (QED) is 0.843. The largest absolute Gasteiger partial charge is 0.371 e. The Bertz CT molecular complexity index is 384. The van der Waals surface area contributed by atoms with E-state index >= 15 is 0 Å². The molecule has 1 saturated heterocycles. The highest BCUT2D eigenvalue weighted by atomic mass is 32.2. The second kappa shape index (κ2) is 7.81. The van der Waals surface area contributed by atoms with Gasteiger partial charge in [0.2, 0.25) is 0 Å². The van der Waals surface area contributed by atoms with Crippen LogP contribution in [-0.2, 0) is 6.54 Å². The molecule has 1 fully saturated rings. The summed E-state index contributed by atoms with van der Waals surface area (Å²) in [7, 11) is 0. The number of anilines is 1. The van der Waals surface area contributed by atoms with E-state index in [0.29, 0.717) is 6.54 Å². The van der Waals surface area contributed by atoms with E-state index < -0.39 is 0 Å². The molecule has 0 spiro atoms. The van der Waals surface area contributed by atoms with Gasteiger partial charge in [0.1, 0.15) is 0 Å². The third kappa shape index (κ3) is 3.90. The van der Waals surface area contributed by atoms with Crippen LogP contribution >= 0.6 is 11.8 Å². The lowest BCUT2D eigenvalue weighted by atomic mass is 10.1. The fraction of sp³-hybridized carbons (Fsp3) is 0.625. The highest BCUT2D eigenvalue weighted by Crippen LogP contribution is 2.31. The minimum Gasteiger partial charge on any atom is -0.371 e. The highest BCUT2D eigenvalue weighted by Gasteiger charge is 2.14. The Balaban J connectivity index is 2.23. The SMILES string of the molecule is CCSc1cccc(N2CCCCCCC2)c1CN. The molecule has 0 radical (unpaired) electrons. The molecule has 3 heteroatoms. The van der Waals surface area contributed by atoms with Gasteiger partial charge in [-0.3, -0.25) is 0 Å². The zero-order valence-electron chi connectivity index (χ0n) is 12.0. The van der Waals surface area contributed by atoms with E-state index in [-0.39, 0.29) is 0 Å². The third-order valence-electron chi connectivity index (χ3n) is 3.81. The first-order chi connectivity index (χ1) is 9.36. The first-order valence-electron chi connectivity index (χ1n) is 7.56. The van der Waals surface area contributed by atoms with Crippen molar-refractivity contribution in [2.45, 2.75) is 50.5 Å². The van der Waals surface area contributed by atoms with Gasteiger partial charge >= 0.3 is 0 Å². The van der Waals surface area contributed by atoms with Crippen LogP contribution < -0.4 is 10.6 Å². The normalized spacial score (nSPS) is 17.1. The van der Waals surface area contributed by atoms with Gasteiger partial charge in [0.25, 0.3) is 0 Å². The molecule has 1 heterocycles. The van der Waals surface area contributed by atoms with Gasteiger partial charge in [0.05, 0.1) is 0 Å². The van der Waals surface area contributed by atoms with Crippen molar-refractivity contribution in [3.05, 3.63) is 23.8 Å². The lowest BCUT2D eigenvalue weighted by molar-refractivity contribution is 0.555. The summed E-state index contributed by atoms with van der Waals surface area (Å²) in [5.41, 5.74) is 8.74.